The van der Waals surface area contributed by atoms with Crippen molar-refractivity contribution in [2.45, 2.75) is 13.8 Å². The first-order valence-electron chi connectivity index (χ1n) is 6.68. The van der Waals surface area contributed by atoms with Gasteiger partial charge in [0.2, 0.25) is 0 Å². The molecule has 2 aromatic rings. The number of carbonyl (C=O) groups excluding carboxylic acids is 1. The second-order valence-electron chi connectivity index (χ2n) is 4.51. The van der Waals surface area contributed by atoms with Crippen molar-refractivity contribution in [2.24, 2.45) is 0 Å². The summed E-state index contributed by atoms with van der Waals surface area (Å²) < 4.78 is 5.19. The third kappa shape index (κ3) is 4.36. The molecule has 2 aromatic carbocycles. The summed E-state index contributed by atoms with van der Waals surface area (Å²) in [6.07, 6.45) is 0. The Hall–Kier alpha value is -2.79. The monoisotopic (exact) mass is 276 g/mol. The van der Waals surface area contributed by atoms with E-state index in [0.29, 0.717) is 5.76 Å². The van der Waals surface area contributed by atoms with E-state index in [1.165, 1.54) is 6.92 Å². The SMILES string of the molecule is CC(=O)O/C(C)=C(/C#Cc1ccccc1)c1ccccc1. The summed E-state index contributed by atoms with van der Waals surface area (Å²) in [5.41, 5.74) is 2.57. The molecule has 0 fully saturated rings. The number of carbonyl (C=O) groups is 1. The predicted octanol–water partition coefficient (Wildman–Crippen LogP) is 4.03. The second kappa shape index (κ2) is 7.12. The van der Waals surface area contributed by atoms with Gasteiger partial charge in [0, 0.05) is 12.5 Å². The van der Waals surface area contributed by atoms with E-state index in [4.69, 9.17) is 4.74 Å². The molecule has 0 aliphatic heterocycles. The van der Waals surface area contributed by atoms with Crippen LogP contribution in [0.25, 0.3) is 5.57 Å². The Kier molecular flexibility index (Phi) is 4.95. The van der Waals surface area contributed by atoms with Crippen molar-refractivity contribution in [1.29, 1.82) is 0 Å². The summed E-state index contributed by atoms with van der Waals surface area (Å²) in [5, 5.41) is 0. The summed E-state index contributed by atoms with van der Waals surface area (Å²) in [5.74, 6) is 6.37. The molecule has 0 aliphatic carbocycles. The maximum absolute atomic E-state index is 11.2. The molecule has 0 aromatic heterocycles. The molecule has 0 spiro atoms. The molecule has 0 aliphatic rings. The lowest BCUT2D eigenvalue weighted by molar-refractivity contribution is -0.136. The van der Waals surface area contributed by atoms with Crippen molar-refractivity contribution in [3.63, 3.8) is 0 Å². The average Bonchev–Trinajstić information content (AvgIpc) is 2.49. The first kappa shape index (κ1) is 14.6. The van der Waals surface area contributed by atoms with E-state index < -0.39 is 0 Å². The van der Waals surface area contributed by atoms with Gasteiger partial charge >= 0.3 is 5.97 Å². The number of esters is 1. The summed E-state index contributed by atoms with van der Waals surface area (Å²) in [6, 6.07) is 19.4. The standard InChI is InChI=1S/C19H16O2/c1-15(21-16(2)20)19(18-11-7-4-8-12-18)14-13-17-9-5-3-6-10-17/h3-12H,1-2H3/b19-15-. The van der Waals surface area contributed by atoms with Gasteiger partial charge < -0.3 is 4.74 Å². The van der Waals surface area contributed by atoms with Crippen molar-refractivity contribution in [1.82, 2.24) is 0 Å². The first-order chi connectivity index (χ1) is 10.2. The maximum atomic E-state index is 11.2. The minimum absolute atomic E-state index is 0.345. The second-order valence-corrected chi connectivity index (χ2v) is 4.51. The predicted molar refractivity (Wildman–Crippen MR) is 84.1 cm³/mol. The molecule has 21 heavy (non-hydrogen) atoms. The van der Waals surface area contributed by atoms with Crippen LogP contribution in [-0.2, 0) is 9.53 Å². The fraction of sp³-hybridized carbons (Fsp3) is 0.105. The minimum atomic E-state index is -0.345. The lowest BCUT2D eigenvalue weighted by atomic mass is 10.0. The van der Waals surface area contributed by atoms with Gasteiger partial charge in [-0.1, -0.05) is 60.4 Å². The molecule has 0 saturated heterocycles. The zero-order valence-electron chi connectivity index (χ0n) is 12.1. The fourth-order valence-electron chi connectivity index (χ4n) is 1.89. The van der Waals surface area contributed by atoms with Crippen LogP contribution in [-0.4, -0.2) is 5.97 Å². The Morgan fingerprint density at radius 1 is 0.905 bits per heavy atom. The third-order valence-electron chi connectivity index (χ3n) is 2.82. The van der Waals surface area contributed by atoms with Crippen LogP contribution in [0.2, 0.25) is 0 Å². The van der Waals surface area contributed by atoms with Crippen molar-refractivity contribution in [2.75, 3.05) is 0 Å². The van der Waals surface area contributed by atoms with Crippen molar-refractivity contribution < 1.29 is 9.53 Å². The Morgan fingerprint density at radius 3 is 2.05 bits per heavy atom. The summed E-state index contributed by atoms with van der Waals surface area (Å²) in [4.78, 5) is 11.2. The van der Waals surface area contributed by atoms with Gasteiger partial charge in [0.25, 0.3) is 0 Å². The lowest BCUT2D eigenvalue weighted by Gasteiger charge is -2.06. The smallest absolute Gasteiger partial charge is 0.307 e. The van der Waals surface area contributed by atoms with E-state index in [2.05, 4.69) is 11.8 Å². The lowest BCUT2D eigenvalue weighted by Crippen LogP contribution is -1.99. The van der Waals surface area contributed by atoms with E-state index in [1.807, 2.05) is 60.7 Å². The highest BCUT2D eigenvalue weighted by Gasteiger charge is 2.06. The normalized spacial score (nSPS) is 11.0. The number of rotatable bonds is 2. The van der Waals surface area contributed by atoms with Crippen LogP contribution in [0.15, 0.2) is 66.4 Å². The molecule has 2 nitrogen and oxygen atoms in total. The van der Waals surface area contributed by atoms with Gasteiger partial charge in [-0.2, -0.15) is 0 Å². The average molecular weight is 276 g/mol. The van der Waals surface area contributed by atoms with Gasteiger partial charge in [-0.3, -0.25) is 4.79 Å². The summed E-state index contributed by atoms with van der Waals surface area (Å²) >= 11 is 0. The number of allylic oxidation sites excluding steroid dienone is 2. The first-order valence-corrected chi connectivity index (χ1v) is 6.68. The Balaban J connectivity index is 2.43. The number of hydrogen-bond donors (Lipinski definition) is 0. The van der Waals surface area contributed by atoms with Gasteiger partial charge in [0.05, 0.1) is 5.57 Å². The quantitative estimate of drug-likeness (QED) is 0.470. The van der Waals surface area contributed by atoms with Crippen LogP contribution in [0.4, 0.5) is 0 Å². The van der Waals surface area contributed by atoms with Crippen LogP contribution in [0.5, 0.6) is 0 Å². The third-order valence-corrected chi connectivity index (χ3v) is 2.82. The van der Waals surface area contributed by atoms with E-state index >= 15 is 0 Å². The van der Waals surface area contributed by atoms with Gasteiger partial charge in [0.15, 0.2) is 0 Å². The van der Waals surface area contributed by atoms with Crippen LogP contribution < -0.4 is 0 Å². The van der Waals surface area contributed by atoms with E-state index in [0.717, 1.165) is 16.7 Å². The highest BCUT2D eigenvalue weighted by Crippen LogP contribution is 2.19. The Bertz CT molecular complexity index is 701. The molecular formula is C19H16O2. The van der Waals surface area contributed by atoms with E-state index in [9.17, 15) is 4.79 Å². The highest BCUT2D eigenvalue weighted by molar-refractivity contribution is 5.82. The molecule has 0 bridgehead atoms. The molecule has 2 rings (SSSR count). The van der Waals surface area contributed by atoms with Crippen molar-refractivity contribution in [3.8, 4) is 11.8 Å². The molecule has 0 radical (unpaired) electrons. The molecular weight excluding hydrogens is 260 g/mol. The Labute approximate surface area is 125 Å². The molecule has 0 atom stereocenters. The summed E-state index contributed by atoms with van der Waals surface area (Å²) in [6.45, 7) is 3.14. The van der Waals surface area contributed by atoms with Crippen molar-refractivity contribution >= 4 is 11.5 Å². The van der Waals surface area contributed by atoms with Crippen molar-refractivity contribution in [3.05, 3.63) is 77.5 Å². The van der Waals surface area contributed by atoms with Crippen LogP contribution >= 0.6 is 0 Å². The van der Waals surface area contributed by atoms with Gasteiger partial charge in [-0.25, -0.2) is 0 Å². The number of benzene rings is 2. The van der Waals surface area contributed by atoms with Gasteiger partial charge in [0.1, 0.15) is 5.76 Å². The minimum Gasteiger partial charge on any atom is -0.430 e. The number of ether oxygens (including phenoxy) is 1. The topological polar surface area (TPSA) is 26.3 Å². The molecule has 0 N–H and O–H groups in total. The van der Waals surface area contributed by atoms with Crippen LogP contribution in [0, 0.1) is 11.8 Å². The number of hydrogen-bond acceptors (Lipinski definition) is 2. The van der Waals surface area contributed by atoms with E-state index in [-0.39, 0.29) is 5.97 Å². The highest BCUT2D eigenvalue weighted by atomic mass is 16.5. The maximum Gasteiger partial charge on any atom is 0.307 e. The molecule has 0 unspecified atom stereocenters. The molecule has 0 heterocycles. The zero-order chi connectivity index (χ0) is 15.1. The van der Waals surface area contributed by atoms with Crippen LogP contribution in [0.3, 0.4) is 0 Å². The molecule has 0 amide bonds. The fourth-order valence-corrected chi connectivity index (χ4v) is 1.89. The Morgan fingerprint density at radius 2 is 1.48 bits per heavy atom. The van der Waals surface area contributed by atoms with Gasteiger partial charge in [-0.15, -0.1) is 0 Å². The molecule has 104 valence electrons. The largest absolute Gasteiger partial charge is 0.430 e. The van der Waals surface area contributed by atoms with E-state index in [1.54, 1.807) is 6.92 Å². The van der Waals surface area contributed by atoms with Crippen LogP contribution in [0.1, 0.15) is 25.0 Å². The molecule has 2 heteroatoms. The molecule has 0 saturated carbocycles. The van der Waals surface area contributed by atoms with Gasteiger partial charge in [-0.05, 0) is 24.6 Å². The zero-order valence-corrected chi connectivity index (χ0v) is 12.1. The summed E-state index contributed by atoms with van der Waals surface area (Å²) in [7, 11) is 0.